The third-order valence-electron chi connectivity index (χ3n) is 10.8. The summed E-state index contributed by atoms with van der Waals surface area (Å²) in [6.45, 7) is 0. The van der Waals surface area contributed by atoms with Gasteiger partial charge in [-0.3, -0.25) is 19.2 Å². The summed E-state index contributed by atoms with van der Waals surface area (Å²) in [5, 5.41) is -5.55. The van der Waals surface area contributed by atoms with E-state index in [1.807, 2.05) is 0 Å². The third kappa shape index (κ3) is 9.39. The Morgan fingerprint density at radius 2 is 0.831 bits per heavy atom. The molecule has 4 aromatic rings. The second-order valence-electron chi connectivity index (χ2n) is 14.4. The number of nitrogens with zero attached hydrogens (tertiary/aromatic N) is 2. The van der Waals surface area contributed by atoms with Gasteiger partial charge in [-0.25, -0.2) is 18.2 Å². The minimum atomic E-state index is -4.71. The summed E-state index contributed by atoms with van der Waals surface area (Å²) < 4.78 is 76.6. The van der Waals surface area contributed by atoms with Gasteiger partial charge in [-0.2, -0.15) is 0 Å². The molecule has 0 aliphatic carbocycles. The number of ether oxygens (including phenoxy) is 8. The van der Waals surface area contributed by atoms with Crippen LogP contribution >= 0.6 is 23.2 Å². The maximum atomic E-state index is 16.0. The maximum absolute atomic E-state index is 16.0. The highest BCUT2D eigenvalue weighted by atomic mass is 35.5. The van der Waals surface area contributed by atoms with E-state index in [1.54, 1.807) is 24.3 Å². The van der Waals surface area contributed by atoms with E-state index in [-0.39, 0.29) is 69.8 Å². The molecule has 4 aromatic carbocycles. The summed E-state index contributed by atoms with van der Waals surface area (Å²) >= 11 is 12.5. The van der Waals surface area contributed by atoms with Crippen molar-refractivity contribution in [1.29, 1.82) is 0 Å². The first kappa shape index (κ1) is 48.0. The van der Waals surface area contributed by atoms with Crippen LogP contribution in [0.15, 0.2) is 72.8 Å². The van der Waals surface area contributed by atoms with Crippen molar-refractivity contribution in [3.63, 3.8) is 0 Å². The van der Waals surface area contributed by atoms with E-state index < -0.39 is 54.7 Å². The standard InChI is InChI=1S/C46H46Cl2N2O14S/c1-57-27-19-37(61-5)29(38(20-27)62-6)11-15-41(25-9-13-35(59-3)33(17-25)49-43(51)23-31(47)45(49)53)65(55,56)42(16-12-30-39(63-7)21-28(58-2)22-40(30)64-8)26-10-14-36(60-4)34(18-26)50-44(52)24-32(48)46(50)54/h9-22,31-32,41-42H,23-24H2,1-8H3/b15-11+,16-12+. The van der Waals surface area contributed by atoms with Gasteiger partial charge in [0.2, 0.25) is 11.8 Å². The normalized spacial score (nSPS) is 17.5. The molecule has 2 fully saturated rings. The Balaban J connectivity index is 1.66. The maximum Gasteiger partial charge on any atom is 0.252 e. The minimum absolute atomic E-state index is 0.0374. The van der Waals surface area contributed by atoms with Crippen molar-refractivity contribution in [2.45, 2.75) is 34.1 Å². The van der Waals surface area contributed by atoms with Crippen LogP contribution in [0.25, 0.3) is 12.2 Å². The van der Waals surface area contributed by atoms with Crippen molar-refractivity contribution < 1.29 is 65.5 Å². The fourth-order valence-electron chi connectivity index (χ4n) is 7.55. The number of hydrogen-bond donors (Lipinski definition) is 0. The van der Waals surface area contributed by atoms with Gasteiger partial charge in [0.1, 0.15) is 67.3 Å². The number of benzene rings is 4. The highest BCUT2D eigenvalue weighted by Gasteiger charge is 2.43. The van der Waals surface area contributed by atoms with Gasteiger partial charge in [-0.1, -0.05) is 24.3 Å². The molecule has 0 N–H and O–H groups in total. The number of carbonyl (C=O) groups excluding carboxylic acids is 4. The first-order valence-corrected chi connectivity index (χ1v) is 22.2. The molecule has 6 rings (SSSR count). The number of halogens is 2. The molecule has 2 heterocycles. The molecule has 0 aromatic heterocycles. The number of carbonyl (C=O) groups is 4. The molecule has 4 atom stereocenters. The monoisotopic (exact) mass is 952 g/mol. The van der Waals surface area contributed by atoms with Crippen molar-refractivity contribution in [3.05, 3.63) is 95.1 Å². The van der Waals surface area contributed by atoms with Gasteiger partial charge in [-0.15, -0.1) is 23.2 Å². The average molecular weight is 954 g/mol. The molecule has 0 spiro atoms. The Bertz CT molecular complexity index is 2460. The molecule has 2 aliphatic rings. The van der Waals surface area contributed by atoms with Crippen molar-refractivity contribution in [2.75, 3.05) is 66.7 Å². The van der Waals surface area contributed by atoms with Crippen molar-refractivity contribution in [2.24, 2.45) is 0 Å². The Morgan fingerprint density at radius 1 is 0.508 bits per heavy atom. The van der Waals surface area contributed by atoms with E-state index in [4.69, 9.17) is 61.1 Å². The molecule has 2 aliphatic heterocycles. The molecular formula is C46H46Cl2N2O14S. The highest BCUT2D eigenvalue weighted by Crippen LogP contribution is 2.46. The lowest BCUT2D eigenvalue weighted by Gasteiger charge is -2.25. The molecule has 16 nitrogen and oxygen atoms in total. The summed E-state index contributed by atoms with van der Waals surface area (Å²) in [5.41, 5.74) is 0.780. The first-order valence-electron chi connectivity index (χ1n) is 19.7. The van der Waals surface area contributed by atoms with Crippen LogP contribution in [-0.2, 0) is 29.0 Å². The van der Waals surface area contributed by atoms with E-state index in [2.05, 4.69) is 0 Å². The topological polar surface area (TPSA) is 183 Å². The Hall–Kier alpha value is -6.43. The molecule has 4 amide bonds. The number of sulfone groups is 1. The summed E-state index contributed by atoms with van der Waals surface area (Å²) in [4.78, 5) is 54.9. The Labute approximate surface area is 386 Å². The predicted octanol–water partition coefficient (Wildman–Crippen LogP) is 7.12. The average Bonchev–Trinajstić information content (AvgIpc) is 3.72. The Kier molecular flexibility index (Phi) is 14.9. The molecule has 19 heteroatoms. The molecule has 4 unspecified atom stereocenters. The summed E-state index contributed by atoms with van der Waals surface area (Å²) in [6, 6.07) is 15.0. The number of amides is 4. The van der Waals surface area contributed by atoms with Crippen molar-refractivity contribution >= 4 is 80.2 Å². The van der Waals surface area contributed by atoms with Crippen molar-refractivity contribution in [1.82, 2.24) is 0 Å². The minimum Gasteiger partial charge on any atom is -0.496 e. The Morgan fingerprint density at radius 3 is 1.09 bits per heavy atom. The molecule has 2 saturated heterocycles. The van der Waals surface area contributed by atoms with E-state index in [0.717, 1.165) is 9.80 Å². The van der Waals surface area contributed by atoms with E-state index in [0.29, 0.717) is 22.6 Å². The zero-order valence-electron chi connectivity index (χ0n) is 36.6. The van der Waals surface area contributed by atoms with Gasteiger partial charge in [0.25, 0.3) is 11.8 Å². The molecule has 0 radical (unpaired) electrons. The molecular weight excluding hydrogens is 907 g/mol. The number of rotatable bonds is 18. The predicted molar refractivity (Wildman–Crippen MR) is 244 cm³/mol. The van der Waals surface area contributed by atoms with Crippen LogP contribution in [0, 0.1) is 0 Å². The molecule has 65 heavy (non-hydrogen) atoms. The van der Waals surface area contributed by atoms with Gasteiger partial charge in [0.15, 0.2) is 9.84 Å². The van der Waals surface area contributed by atoms with Gasteiger partial charge in [0.05, 0.1) is 92.2 Å². The van der Waals surface area contributed by atoms with Crippen LogP contribution in [-0.4, -0.2) is 99.7 Å². The van der Waals surface area contributed by atoms with E-state index in [1.165, 1.54) is 118 Å². The largest absolute Gasteiger partial charge is 0.496 e. The van der Waals surface area contributed by atoms with Gasteiger partial charge in [-0.05, 0) is 47.5 Å². The lowest BCUT2D eigenvalue weighted by atomic mass is 10.1. The van der Waals surface area contributed by atoms with Crippen molar-refractivity contribution in [3.8, 4) is 46.0 Å². The third-order valence-corrected chi connectivity index (χ3v) is 13.8. The van der Waals surface area contributed by atoms with Crippen LogP contribution in [0.2, 0.25) is 0 Å². The van der Waals surface area contributed by atoms with Crippen LogP contribution < -0.4 is 47.7 Å². The summed E-state index contributed by atoms with van der Waals surface area (Å²) in [6.07, 6.45) is 5.23. The quantitative estimate of drug-likeness (QED) is 0.0726. The summed E-state index contributed by atoms with van der Waals surface area (Å²) in [7, 11) is 6.61. The fraction of sp³-hybridized carbons (Fsp3) is 0.304. The van der Waals surface area contributed by atoms with Crippen LogP contribution in [0.3, 0.4) is 0 Å². The second-order valence-corrected chi connectivity index (χ2v) is 17.6. The van der Waals surface area contributed by atoms with Crippen LogP contribution in [0.1, 0.15) is 45.6 Å². The van der Waals surface area contributed by atoms with E-state index >= 15 is 8.42 Å². The lowest BCUT2D eigenvalue weighted by Crippen LogP contribution is -2.31. The number of methoxy groups -OCH3 is 8. The first-order chi connectivity index (χ1) is 31.1. The molecule has 0 saturated carbocycles. The zero-order valence-corrected chi connectivity index (χ0v) is 38.9. The van der Waals surface area contributed by atoms with Gasteiger partial charge >= 0.3 is 0 Å². The number of imide groups is 2. The van der Waals surface area contributed by atoms with Gasteiger partial charge < -0.3 is 37.9 Å². The molecule has 344 valence electrons. The molecule has 0 bridgehead atoms. The SMILES string of the molecule is COc1cc(OC)c(/C=C/C(c2ccc(OC)c(N3C(=O)CC(Cl)C3=O)c2)S(=O)(=O)C(/C=C/c2c(OC)cc(OC)cc2OC)c2ccc(OC)c(N3C(=O)CC(Cl)C3=O)c2)c(OC)c1. The fourth-order valence-corrected chi connectivity index (χ4v) is 9.98. The number of alkyl halides is 2. The number of anilines is 2. The van der Waals surface area contributed by atoms with Gasteiger partial charge in [0, 0.05) is 24.3 Å². The number of hydrogen-bond acceptors (Lipinski definition) is 14. The zero-order chi connectivity index (χ0) is 47.3. The highest BCUT2D eigenvalue weighted by molar-refractivity contribution is 7.92. The lowest BCUT2D eigenvalue weighted by molar-refractivity contribution is -0.122. The second kappa shape index (κ2) is 20.2. The van der Waals surface area contributed by atoms with E-state index in [9.17, 15) is 19.2 Å². The van der Waals surface area contributed by atoms with Crippen LogP contribution in [0.5, 0.6) is 46.0 Å². The summed E-state index contributed by atoms with van der Waals surface area (Å²) in [5.74, 6) is -0.580. The van der Waals surface area contributed by atoms with Crippen LogP contribution in [0.4, 0.5) is 11.4 Å². The smallest absolute Gasteiger partial charge is 0.252 e.